The van der Waals surface area contributed by atoms with Gasteiger partial charge in [-0.2, -0.15) is 0 Å². The third-order valence-corrected chi connectivity index (χ3v) is 3.38. The molecule has 4 heteroatoms. The molecule has 0 aromatic heterocycles. The minimum absolute atomic E-state index is 0.696. The third-order valence-electron chi connectivity index (χ3n) is 2.63. The highest BCUT2D eigenvalue weighted by molar-refractivity contribution is 9.09. The van der Waals surface area contributed by atoms with Gasteiger partial charge in [-0.3, -0.25) is 4.90 Å². The maximum atomic E-state index is 5.45. The average Bonchev–Trinajstić information content (AvgIpc) is 2.65. The largest absolute Gasteiger partial charge is 0.382 e. The molecule has 0 radical (unpaired) electrons. The van der Waals surface area contributed by atoms with Crippen LogP contribution in [-0.4, -0.2) is 56.3 Å². The van der Waals surface area contributed by atoms with Gasteiger partial charge in [0.25, 0.3) is 0 Å². The molecular formula is C10H20BrNO2. The lowest BCUT2D eigenvalue weighted by Gasteiger charge is -2.22. The van der Waals surface area contributed by atoms with Crippen molar-refractivity contribution in [3.05, 3.63) is 0 Å². The van der Waals surface area contributed by atoms with Gasteiger partial charge in [-0.25, -0.2) is 0 Å². The van der Waals surface area contributed by atoms with E-state index < -0.39 is 0 Å². The first-order chi connectivity index (χ1) is 6.88. The maximum Gasteiger partial charge on any atom is 0.0700 e. The van der Waals surface area contributed by atoms with Crippen LogP contribution in [0.25, 0.3) is 0 Å². The van der Waals surface area contributed by atoms with E-state index >= 15 is 0 Å². The zero-order valence-electron chi connectivity index (χ0n) is 8.88. The predicted octanol–water partition coefficient (Wildman–Crippen LogP) is 1.51. The van der Waals surface area contributed by atoms with Crippen molar-refractivity contribution >= 4 is 15.9 Å². The van der Waals surface area contributed by atoms with Crippen molar-refractivity contribution in [1.29, 1.82) is 0 Å². The SMILES string of the molecule is COCCOCCN1CCCC1CBr. The van der Waals surface area contributed by atoms with E-state index in [0.29, 0.717) is 13.2 Å². The van der Waals surface area contributed by atoms with E-state index in [-0.39, 0.29) is 0 Å². The van der Waals surface area contributed by atoms with E-state index in [2.05, 4.69) is 20.8 Å². The van der Waals surface area contributed by atoms with Crippen LogP contribution in [0.2, 0.25) is 0 Å². The first kappa shape index (κ1) is 12.4. The van der Waals surface area contributed by atoms with Crippen molar-refractivity contribution in [2.75, 3.05) is 45.4 Å². The molecule has 1 rings (SSSR count). The van der Waals surface area contributed by atoms with Gasteiger partial charge in [0.2, 0.25) is 0 Å². The number of hydrogen-bond donors (Lipinski definition) is 0. The highest BCUT2D eigenvalue weighted by atomic mass is 79.9. The number of alkyl halides is 1. The number of hydrogen-bond acceptors (Lipinski definition) is 3. The zero-order valence-corrected chi connectivity index (χ0v) is 10.5. The summed E-state index contributed by atoms with van der Waals surface area (Å²) in [7, 11) is 1.70. The molecular weight excluding hydrogens is 246 g/mol. The second-order valence-corrected chi connectivity index (χ2v) is 4.24. The molecule has 0 amide bonds. The second-order valence-electron chi connectivity index (χ2n) is 3.59. The van der Waals surface area contributed by atoms with Gasteiger partial charge in [-0.05, 0) is 19.4 Å². The van der Waals surface area contributed by atoms with Gasteiger partial charge < -0.3 is 9.47 Å². The summed E-state index contributed by atoms with van der Waals surface area (Å²) in [6.45, 7) is 4.52. The van der Waals surface area contributed by atoms with Crippen molar-refractivity contribution in [3.8, 4) is 0 Å². The molecule has 84 valence electrons. The van der Waals surface area contributed by atoms with Crippen LogP contribution in [0.3, 0.4) is 0 Å². The molecule has 1 aliphatic heterocycles. The van der Waals surface area contributed by atoms with Gasteiger partial charge in [0.15, 0.2) is 0 Å². The highest BCUT2D eigenvalue weighted by Crippen LogP contribution is 2.17. The van der Waals surface area contributed by atoms with Crippen molar-refractivity contribution < 1.29 is 9.47 Å². The lowest BCUT2D eigenvalue weighted by atomic mass is 10.2. The van der Waals surface area contributed by atoms with Crippen LogP contribution in [0.5, 0.6) is 0 Å². The van der Waals surface area contributed by atoms with E-state index in [1.807, 2.05) is 0 Å². The Labute approximate surface area is 94.9 Å². The number of rotatable bonds is 7. The van der Waals surface area contributed by atoms with Crippen LogP contribution in [0.1, 0.15) is 12.8 Å². The molecule has 0 aromatic rings. The molecule has 1 aliphatic rings. The summed E-state index contributed by atoms with van der Waals surface area (Å²) in [4.78, 5) is 2.50. The lowest BCUT2D eigenvalue weighted by Crippen LogP contribution is -2.33. The summed E-state index contributed by atoms with van der Waals surface area (Å²) in [5.74, 6) is 0. The van der Waals surface area contributed by atoms with Crippen molar-refractivity contribution in [1.82, 2.24) is 4.90 Å². The first-order valence-corrected chi connectivity index (χ1v) is 6.37. The average molecular weight is 266 g/mol. The van der Waals surface area contributed by atoms with E-state index in [1.54, 1.807) is 7.11 Å². The summed E-state index contributed by atoms with van der Waals surface area (Å²) < 4.78 is 10.4. The Morgan fingerprint density at radius 2 is 2.21 bits per heavy atom. The Balaban J connectivity index is 2.00. The molecule has 0 aliphatic carbocycles. The lowest BCUT2D eigenvalue weighted by molar-refractivity contribution is 0.0565. The number of halogens is 1. The van der Waals surface area contributed by atoms with Crippen LogP contribution in [-0.2, 0) is 9.47 Å². The zero-order chi connectivity index (χ0) is 10.2. The minimum atomic E-state index is 0.696. The quantitative estimate of drug-likeness (QED) is 0.515. The van der Waals surface area contributed by atoms with Gasteiger partial charge in [-0.15, -0.1) is 0 Å². The van der Waals surface area contributed by atoms with E-state index in [4.69, 9.17) is 9.47 Å². The van der Waals surface area contributed by atoms with E-state index in [9.17, 15) is 0 Å². The minimum Gasteiger partial charge on any atom is -0.382 e. The Morgan fingerprint density at radius 3 is 2.93 bits per heavy atom. The molecule has 14 heavy (non-hydrogen) atoms. The number of likely N-dealkylation sites (tertiary alicyclic amines) is 1. The molecule has 0 N–H and O–H groups in total. The monoisotopic (exact) mass is 265 g/mol. The smallest absolute Gasteiger partial charge is 0.0700 e. The van der Waals surface area contributed by atoms with Crippen LogP contribution >= 0.6 is 15.9 Å². The third kappa shape index (κ3) is 4.26. The fourth-order valence-corrected chi connectivity index (χ4v) is 2.52. The summed E-state index contributed by atoms with van der Waals surface area (Å²) in [6, 6.07) is 0.723. The van der Waals surface area contributed by atoms with Crippen molar-refractivity contribution in [2.45, 2.75) is 18.9 Å². The van der Waals surface area contributed by atoms with Crippen LogP contribution < -0.4 is 0 Å². The molecule has 0 bridgehead atoms. The number of ether oxygens (including phenoxy) is 2. The van der Waals surface area contributed by atoms with Crippen LogP contribution in [0.4, 0.5) is 0 Å². The van der Waals surface area contributed by atoms with Gasteiger partial charge in [0, 0.05) is 25.0 Å². The van der Waals surface area contributed by atoms with Gasteiger partial charge in [0.1, 0.15) is 0 Å². The fraction of sp³-hybridized carbons (Fsp3) is 1.00. The van der Waals surface area contributed by atoms with Gasteiger partial charge in [-0.1, -0.05) is 15.9 Å². The molecule has 1 saturated heterocycles. The Bertz CT molecular complexity index is 146. The Kier molecular flexibility index (Phi) is 6.77. The van der Waals surface area contributed by atoms with Gasteiger partial charge in [0.05, 0.1) is 19.8 Å². The number of nitrogens with zero attached hydrogens (tertiary/aromatic N) is 1. The van der Waals surface area contributed by atoms with Gasteiger partial charge >= 0.3 is 0 Å². The summed E-state index contributed by atoms with van der Waals surface area (Å²) in [6.07, 6.45) is 2.65. The molecule has 0 spiro atoms. The number of methoxy groups -OCH3 is 1. The highest BCUT2D eigenvalue weighted by Gasteiger charge is 2.22. The molecule has 1 heterocycles. The van der Waals surface area contributed by atoms with Crippen LogP contribution in [0, 0.1) is 0 Å². The Hall–Kier alpha value is 0.360. The molecule has 1 fully saturated rings. The Morgan fingerprint density at radius 1 is 1.36 bits per heavy atom. The summed E-state index contributed by atoms with van der Waals surface area (Å²) >= 11 is 3.55. The molecule has 0 saturated carbocycles. The van der Waals surface area contributed by atoms with Crippen LogP contribution in [0.15, 0.2) is 0 Å². The van der Waals surface area contributed by atoms with E-state index in [0.717, 1.165) is 24.5 Å². The van der Waals surface area contributed by atoms with Crippen molar-refractivity contribution in [3.63, 3.8) is 0 Å². The molecule has 0 aromatic carbocycles. The first-order valence-electron chi connectivity index (χ1n) is 5.25. The normalized spacial score (nSPS) is 23.1. The predicted molar refractivity (Wildman–Crippen MR) is 61.1 cm³/mol. The topological polar surface area (TPSA) is 21.7 Å². The molecule has 1 unspecified atom stereocenters. The van der Waals surface area contributed by atoms with E-state index in [1.165, 1.54) is 19.4 Å². The molecule has 1 atom stereocenters. The summed E-state index contributed by atoms with van der Waals surface area (Å²) in [5.41, 5.74) is 0. The second kappa shape index (κ2) is 7.63. The standard InChI is InChI=1S/C10H20BrNO2/c1-13-7-8-14-6-5-12-4-2-3-10(12)9-11/h10H,2-9H2,1H3. The fourth-order valence-electron chi connectivity index (χ4n) is 1.79. The molecule has 3 nitrogen and oxygen atoms in total. The maximum absolute atomic E-state index is 5.45. The summed E-state index contributed by atoms with van der Waals surface area (Å²) in [5, 5.41) is 1.09. The van der Waals surface area contributed by atoms with Crippen molar-refractivity contribution in [2.24, 2.45) is 0 Å².